The summed E-state index contributed by atoms with van der Waals surface area (Å²) in [6, 6.07) is 4.18. The highest BCUT2D eigenvalue weighted by molar-refractivity contribution is 7.99. The smallest absolute Gasteiger partial charge is 0.408 e. The molecule has 3 rings (SSSR count). The summed E-state index contributed by atoms with van der Waals surface area (Å²) in [5.74, 6) is -0.598. The van der Waals surface area contributed by atoms with Gasteiger partial charge in [-0.1, -0.05) is 32.4 Å². The third-order valence-electron chi connectivity index (χ3n) is 5.88. The predicted octanol–water partition coefficient (Wildman–Crippen LogP) is 2.46. The van der Waals surface area contributed by atoms with Crippen molar-refractivity contribution in [3.63, 3.8) is 0 Å². The maximum Gasteiger partial charge on any atom is 0.408 e. The van der Waals surface area contributed by atoms with Crippen LogP contribution in [-0.4, -0.2) is 79.2 Å². The first-order chi connectivity index (χ1) is 18.4. The molecule has 4 atom stereocenters. The van der Waals surface area contributed by atoms with Gasteiger partial charge in [-0.05, 0) is 44.4 Å². The number of fused-ring (bicyclic) bond motifs is 15. The lowest BCUT2D eigenvalue weighted by atomic mass is 9.97. The van der Waals surface area contributed by atoms with E-state index >= 15 is 0 Å². The monoisotopic (exact) mass is 564 g/mol. The maximum atomic E-state index is 13.5. The molecule has 3 amide bonds. The summed E-state index contributed by atoms with van der Waals surface area (Å²) in [7, 11) is 1.25. The minimum atomic E-state index is -1.04. The van der Waals surface area contributed by atoms with Crippen molar-refractivity contribution in [2.75, 3.05) is 25.3 Å². The summed E-state index contributed by atoms with van der Waals surface area (Å²) >= 11 is 1.39. The molecule has 0 spiro atoms. The van der Waals surface area contributed by atoms with Gasteiger partial charge in [-0.2, -0.15) is 11.8 Å². The highest BCUT2D eigenvalue weighted by Crippen LogP contribution is 2.16. The number of ether oxygens (including phenoxy) is 3. The van der Waals surface area contributed by atoms with Crippen LogP contribution in [0.1, 0.15) is 46.6 Å². The van der Waals surface area contributed by atoms with Gasteiger partial charge < -0.3 is 30.2 Å². The van der Waals surface area contributed by atoms with Gasteiger partial charge in [-0.3, -0.25) is 14.6 Å². The molecule has 2 aliphatic heterocycles. The van der Waals surface area contributed by atoms with Crippen molar-refractivity contribution < 1.29 is 33.4 Å². The van der Waals surface area contributed by atoms with Crippen molar-refractivity contribution in [3.05, 3.63) is 29.8 Å². The van der Waals surface area contributed by atoms with E-state index in [2.05, 4.69) is 20.9 Å². The Morgan fingerprint density at radius 2 is 1.87 bits per heavy atom. The van der Waals surface area contributed by atoms with Gasteiger partial charge in [0.25, 0.3) is 0 Å². The van der Waals surface area contributed by atoms with Gasteiger partial charge in [0.1, 0.15) is 29.5 Å². The van der Waals surface area contributed by atoms with Crippen LogP contribution in [0, 0.1) is 5.92 Å². The molecule has 0 aromatic heterocycles. The van der Waals surface area contributed by atoms with E-state index in [-0.39, 0.29) is 24.8 Å². The van der Waals surface area contributed by atoms with Crippen LogP contribution in [0.25, 0.3) is 0 Å². The molecule has 0 fully saturated rings. The zero-order chi connectivity index (χ0) is 29.0. The fourth-order valence-corrected chi connectivity index (χ4v) is 4.40. The number of carbonyl (C=O) groups is 4. The molecule has 2 bridgehead atoms. The second kappa shape index (κ2) is 15.3. The fourth-order valence-electron chi connectivity index (χ4n) is 3.60. The number of carbonyl (C=O) groups excluding carboxylic acids is 4. The first-order valence-corrected chi connectivity index (χ1v) is 14.0. The number of alkyl carbamates (subject to hydrolysis) is 1. The topological polar surface area (TPSA) is 144 Å². The minimum Gasteiger partial charge on any atom is -0.471 e. The fraction of sp³-hybridized carbons (Fsp3) is 0.593. The Bertz CT molecular complexity index is 1010. The van der Waals surface area contributed by atoms with E-state index in [1.807, 2.05) is 13.8 Å². The van der Waals surface area contributed by atoms with Gasteiger partial charge in [0.2, 0.25) is 11.8 Å². The van der Waals surface area contributed by atoms with Crippen molar-refractivity contribution in [1.82, 2.24) is 16.0 Å². The lowest BCUT2D eigenvalue weighted by Gasteiger charge is -2.28. The van der Waals surface area contributed by atoms with Crippen LogP contribution in [-0.2, 0) is 30.3 Å². The van der Waals surface area contributed by atoms with E-state index in [0.717, 1.165) is 5.56 Å². The zero-order valence-corrected chi connectivity index (χ0v) is 24.3. The number of esters is 1. The third kappa shape index (κ3) is 11.2. The number of nitrogens with one attached hydrogen (secondary N) is 3. The van der Waals surface area contributed by atoms with E-state index in [1.54, 1.807) is 51.3 Å². The number of aliphatic imine (C=N–C) groups is 1. The molecule has 1 aromatic rings. The Morgan fingerprint density at radius 1 is 1.18 bits per heavy atom. The molecule has 0 saturated heterocycles. The van der Waals surface area contributed by atoms with E-state index in [4.69, 9.17) is 14.2 Å². The number of rotatable bonds is 4. The predicted molar refractivity (Wildman–Crippen MR) is 150 cm³/mol. The molecule has 1 unspecified atom stereocenters. The van der Waals surface area contributed by atoms with Crippen LogP contribution < -0.4 is 20.7 Å². The van der Waals surface area contributed by atoms with Crippen LogP contribution in [0.5, 0.6) is 5.75 Å². The van der Waals surface area contributed by atoms with Gasteiger partial charge in [-0.25, -0.2) is 9.59 Å². The summed E-state index contributed by atoms with van der Waals surface area (Å²) in [4.78, 5) is 56.0. The first-order valence-electron chi connectivity index (χ1n) is 12.9. The Morgan fingerprint density at radius 3 is 2.49 bits per heavy atom. The molecule has 11 nitrogen and oxygen atoms in total. The molecule has 12 heteroatoms. The van der Waals surface area contributed by atoms with Crippen molar-refractivity contribution in [2.45, 2.75) is 71.2 Å². The first kappa shape index (κ1) is 31.9. The molecular formula is C27H40N4O7S. The molecular weight excluding hydrogens is 524 g/mol. The summed E-state index contributed by atoms with van der Waals surface area (Å²) in [6.45, 7) is 9.00. The number of methoxy groups -OCH3 is 1. The molecule has 216 valence electrons. The summed E-state index contributed by atoms with van der Waals surface area (Å²) < 4.78 is 15.9. The summed E-state index contributed by atoms with van der Waals surface area (Å²) in [6.07, 6.45) is 1.64. The third-order valence-corrected chi connectivity index (χ3v) is 6.83. The van der Waals surface area contributed by atoms with Crippen LogP contribution in [0.2, 0.25) is 0 Å². The number of hydrogen-bond acceptors (Lipinski definition) is 9. The maximum absolute atomic E-state index is 13.5. The molecule has 2 heterocycles. The van der Waals surface area contributed by atoms with E-state index < -0.39 is 47.6 Å². The Kier molecular flexibility index (Phi) is 12.6. The van der Waals surface area contributed by atoms with Crippen molar-refractivity contribution in [1.29, 1.82) is 0 Å². The van der Waals surface area contributed by atoms with E-state index in [0.29, 0.717) is 17.9 Å². The normalized spacial score (nSPS) is 23.0. The Labute approximate surface area is 234 Å². The van der Waals surface area contributed by atoms with Gasteiger partial charge in [-0.15, -0.1) is 0 Å². The molecule has 0 radical (unpaired) electrons. The second-order valence-corrected chi connectivity index (χ2v) is 11.3. The Balaban J connectivity index is 2.39. The molecule has 1 aromatic carbocycles. The standard InChI is InChI=1S/C27H40N4O7S/c1-7-17(2)22-24(33)29-21(25(34)36-6)15-39-13-12-28-16-37-19-10-8-18(9-11-19)14-20(23(32)31-22)30-26(35)38-27(3,4)5/h8-12,17,20-22H,7,13-16H2,1-6H3,(H,29,33)(H,30,35)(H,31,32)/b28-12-/t17?,20-,21-,22-/m0/s1. The van der Waals surface area contributed by atoms with Gasteiger partial charge >= 0.3 is 12.1 Å². The number of benzene rings is 1. The highest BCUT2D eigenvalue weighted by Gasteiger charge is 2.33. The largest absolute Gasteiger partial charge is 0.471 e. The van der Waals surface area contributed by atoms with Gasteiger partial charge in [0.05, 0.1) is 7.11 Å². The average molecular weight is 565 g/mol. The number of thioether (sulfide) groups is 1. The molecule has 0 aliphatic carbocycles. The van der Waals surface area contributed by atoms with Crippen molar-refractivity contribution in [2.24, 2.45) is 10.9 Å². The van der Waals surface area contributed by atoms with Crippen molar-refractivity contribution in [3.8, 4) is 5.75 Å². The van der Waals surface area contributed by atoms with Crippen LogP contribution >= 0.6 is 11.8 Å². The lowest BCUT2D eigenvalue weighted by Crippen LogP contribution is -2.58. The van der Waals surface area contributed by atoms with E-state index in [1.165, 1.54) is 18.9 Å². The summed E-state index contributed by atoms with van der Waals surface area (Å²) in [5, 5.41) is 8.15. The van der Waals surface area contributed by atoms with Crippen LogP contribution in [0.3, 0.4) is 0 Å². The molecule has 3 N–H and O–H groups in total. The quantitative estimate of drug-likeness (QED) is 0.473. The Hall–Kier alpha value is -3.28. The molecule has 0 saturated carbocycles. The van der Waals surface area contributed by atoms with Crippen LogP contribution in [0.15, 0.2) is 29.3 Å². The van der Waals surface area contributed by atoms with Crippen LogP contribution in [0.4, 0.5) is 4.79 Å². The van der Waals surface area contributed by atoms with Crippen molar-refractivity contribution >= 4 is 41.9 Å². The number of hydrogen-bond donors (Lipinski definition) is 3. The number of amides is 3. The minimum absolute atomic E-state index is 0.110. The number of nitrogens with zero attached hydrogens (tertiary/aromatic N) is 1. The molecule has 2 aliphatic rings. The van der Waals surface area contributed by atoms with E-state index in [9.17, 15) is 19.2 Å². The second-order valence-electron chi connectivity index (χ2n) is 10.2. The highest BCUT2D eigenvalue weighted by atomic mass is 32.2. The SMILES string of the molecule is CCC(C)[C@@H]1NC(=O)[C@@H](NC(=O)OC(C)(C)C)Cc2ccc(cc2)OC/N=C\CSC[C@@H](C(=O)OC)NC1=O. The van der Waals surface area contributed by atoms with Gasteiger partial charge in [0, 0.05) is 24.1 Å². The van der Waals surface area contributed by atoms with Gasteiger partial charge in [0.15, 0.2) is 6.73 Å². The lowest BCUT2D eigenvalue weighted by molar-refractivity contribution is -0.144. The summed E-state index contributed by atoms with van der Waals surface area (Å²) in [5.41, 5.74) is -0.0113. The average Bonchev–Trinajstić information content (AvgIpc) is 2.88. The molecule has 39 heavy (non-hydrogen) atoms. The zero-order valence-electron chi connectivity index (χ0n) is 23.4.